The van der Waals surface area contributed by atoms with Crippen LogP contribution in [-0.4, -0.2) is 28.4 Å². The third-order valence-corrected chi connectivity index (χ3v) is 3.24. The normalized spacial score (nSPS) is 10.6. The average molecular weight is 304 g/mol. The molecule has 0 aliphatic carbocycles. The summed E-state index contributed by atoms with van der Waals surface area (Å²) in [5, 5.41) is 8.27. The molecule has 3 aromatic rings. The number of carbonyl (C=O) groups is 1. The van der Waals surface area contributed by atoms with E-state index in [1.807, 2.05) is 0 Å². The summed E-state index contributed by atoms with van der Waals surface area (Å²) in [6.07, 6.45) is 2.15. The van der Waals surface area contributed by atoms with Crippen LogP contribution in [0, 0.1) is 0 Å². The molecule has 0 bridgehead atoms. The Balaban J connectivity index is 2.17. The van der Waals surface area contributed by atoms with Gasteiger partial charge in [-0.2, -0.15) is 0 Å². The number of ether oxygens (including phenoxy) is 1. The van der Waals surface area contributed by atoms with Crippen molar-refractivity contribution in [3.05, 3.63) is 47.3 Å². The molecule has 0 radical (unpaired) electrons. The zero-order valence-corrected chi connectivity index (χ0v) is 11.7. The van der Waals surface area contributed by atoms with Crippen LogP contribution in [0.4, 0.5) is 0 Å². The zero-order chi connectivity index (χ0) is 14.8. The maximum atomic E-state index is 11.1. The number of benzene rings is 1. The molecule has 7 heteroatoms. The molecule has 2 aromatic heterocycles. The number of hydrogen-bond donors (Lipinski definition) is 0. The Morgan fingerprint density at radius 1 is 1.38 bits per heavy atom. The number of aldehydes is 1. The zero-order valence-electron chi connectivity index (χ0n) is 11.0. The minimum atomic E-state index is 0.192. The molecule has 0 spiro atoms. The largest absolute Gasteiger partial charge is 0.495 e. The summed E-state index contributed by atoms with van der Waals surface area (Å²) < 4.78 is 11.9. The lowest BCUT2D eigenvalue weighted by atomic mass is 10.2. The standard InChI is InChI=1S/C14H10ClN3O3/c1-20-12-5-4-9(7-10(12)15)18-14(11(8-19)16-17-18)13-3-2-6-21-13/h2-8H,1H3. The summed E-state index contributed by atoms with van der Waals surface area (Å²) in [4.78, 5) is 11.1. The highest BCUT2D eigenvalue weighted by molar-refractivity contribution is 6.32. The number of halogens is 1. The molecular weight excluding hydrogens is 294 g/mol. The number of nitrogens with zero attached hydrogens (tertiary/aromatic N) is 3. The molecule has 0 amide bonds. The molecule has 0 fully saturated rings. The van der Waals surface area contributed by atoms with Crippen LogP contribution >= 0.6 is 11.6 Å². The molecule has 21 heavy (non-hydrogen) atoms. The van der Waals surface area contributed by atoms with Crippen molar-refractivity contribution in [1.82, 2.24) is 15.0 Å². The Morgan fingerprint density at radius 2 is 2.24 bits per heavy atom. The average Bonchev–Trinajstić information content (AvgIpc) is 3.15. The number of rotatable bonds is 4. The van der Waals surface area contributed by atoms with Crippen LogP contribution in [0.3, 0.4) is 0 Å². The Hall–Kier alpha value is -2.60. The van der Waals surface area contributed by atoms with Crippen molar-refractivity contribution >= 4 is 17.9 Å². The second kappa shape index (κ2) is 5.41. The lowest BCUT2D eigenvalue weighted by Gasteiger charge is -2.07. The second-order valence-corrected chi connectivity index (χ2v) is 4.56. The fourth-order valence-electron chi connectivity index (χ4n) is 1.98. The highest BCUT2D eigenvalue weighted by Gasteiger charge is 2.18. The number of methoxy groups -OCH3 is 1. The van der Waals surface area contributed by atoms with Crippen molar-refractivity contribution in [1.29, 1.82) is 0 Å². The van der Waals surface area contributed by atoms with E-state index in [9.17, 15) is 4.79 Å². The van der Waals surface area contributed by atoms with Gasteiger partial charge in [-0.3, -0.25) is 4.79 Å². The molecule has 3 rings (SSSR count). The van der Waals surface area contributed by atoms with Crippen molar-refractivity contribution < 1.29 is 13.9 Å². The van der Waals surface area contributed by atoms with Crippen LogP contribution in [0.5, 0.6) is 5.75 Å². The molecule has 1 aromatic carbocycles. The van der Waals surface area contributed by atoms with Gasteiger partial charge in [-0.15, -0.1) is 5.10 Å². The third kappa shape index (κ3) is 2.30. The number of furan rings is 1. The van der Waals surface area contributed by atoms with Gasteiger partial charge in [0.15, 0.2) is 17.7 Å². The van der Waals surface area contributed by atoms with E-state index in [0.717, 1.165) is 0 Å². The van der Waals surface area contributed by atoms with Gasteiger partial charge in [-0.05, 0) is 30.3 Å². The van der Waals surface area contributed by atoms with E-state index in [1.165, 1.54) is 18.1 Å². The van der Waals surface area contributed by atoms with E-state index in [1.54, 1.807) is 30.3 Å². The van der Waals surface area contributed by atoms with Gasteiger partial charge in [0, 0.05) is 0 Å². The van der Waals surface area contributed by atoms with Crippen LogP contribution in [0.2, 0.25) is 5.02 Å². The first kappa shape index (κ1) is 13.4. The fourth-order valence-corrected chi connectivity index (χ4v) is 2.24. The predicted molar refractivity (Wildman–Crippen MR) is 76.0 cm³/mol. The minimum Gasteiger partial charge on any atom is -0.495 e. The molecule has 0 saturated heterocycles. The Labute approximate surface area is 124 Å². The maximum Gasteiger partial charge on any atom is 0.172 e. The summed E-state index contributed by atoms with van der Waals surface area (Å²) in [5.74, 6) is 1.05. The van der Waals surface area contributed by atoms with Gasteiger partial charge in [-0.1, -0.05) is 16.8 Å². The third-order valence-electron chi connectivity index (χ3n) is 2.94. The smallest absolute Gasteiger partial charge is 0.172 e. The van der Waals surface area contributed by atoms with E-state index < -0.39 is 0 Å². The molecule has 106 valence electrons. The Morgan fingerprint density at radius 3 is 2.86 bits per heavy atom. The number of hydrogen-bond acceptors (Lipinski definition) is 5. The second-order valence-electron chi connectivity index (χ2n) is 4.15. The molecule has 0 aliphatic heterocycles. The van der Waals surface area contributed by atoms with E-state index in [-0.39, 0.29) is 5.69 Å². The van der Waals surface area contributed by atoms with Crippen LogP contribution in [0.1, 0.15) is 10.5 Å². The van der Waals surface area contributed by atoms with Gasteiger partial charge in [0.2, 0.25) is 0 Å². The van der Waals surface area contributed by atoms with Crippen LogP contribution in [-0.2, 0) is 0 Å². The van der Waals surface area contributed by atoms with Crippen molar-refractivity contribution in [3.8, 4) is 22.9 Å². The van der Waals surface area contributed by atoms with Gasteiger partial charge in [0.05, 0.1) is 24.1 Å². The molecule has 2 heterocycles. The summed E-state index contributed by atoms with van der Waals surface area (Å²) >= 11 is 6.12. The van der Waals surface area contributed by atoms with Gasteiger partial charge in [-0.25, -0.2) is 4.68 Å². The minimum absolute atomic E-state index is 0.192. The van der Waals surface area contributed by atoms with Crippen LogP contribution in [0.25, 0.3) is 17.1 Å². The predicted octanol–water partition coefficient (Wildman–Crippen LogP) is 3.00. The first-order chi connectivity index (χ1) is 10.2. The van der Waals surface area contributed by atoms with Crippen molar-refractivity contribution in [2.45, 2.75) is 0 Å². The molecule has 6 nitrogen and oxygen atoms in total. The van der Waals surface area contributed by atoms with E-state index in [2.05, 4.69) is 10.3 Å². The molecule has 0 saturated carbocycles. The molecule has 0 atom stereocenters. The molecular formula is C14H10ClN3O3. The van der Waals surface area contributed by atoms with Crippen molar-refractivity contribution in [2.75, 3.05) is 7.11 Å². The van der Waals surface area contributed by atoms with Crippen molar-refractivity contribution in [3.63, 3.8) is 0 Å². The van der Waals surface area contributed by atoms with Crippen LogP contribution < -0.4 is 4.74 Å². The van der Waals surface area contributed by atoms with Crippen LogP contribution in [0.15, 0.2) is 41.0 Å². The number of carbonyl (C=O) groups excluding carboxylic acids is 1. The molecule has 0 aliphatic rings. The Kier molecular flexibility index (Phi) is 3.45. The van der Waals surface area contributed by atoms with Gasteiger partial charge >= 0.3 is 0 Å². The van der Waals surface area contributed by atoms with Gasteiger partial charge in [0.1, 0.15) is 11.4 Å². The van der Waals surface area contributed by atoms with Gasteiger partial charge in [0.25, 0.3) is 0 Å². The highest BCUT2D eigenvalue weighted by atomic mass is 35.5. The lowest BCUT2D eigenvalue weighted by Crippen LogP contribution is -2.00. The lowest BCUT2D eigenvalue weighted by molar-refractivity contribution is 0.111. The van der Waals surface area contributed by atoms with E-state index in [4.69, 9.17) is 20.8 Å². The fraction of sp³-hybridized carbons (Fsp3) is 0.0714. The van der Waals surface area contributed by atoms with Gasteiger partial charge < -0.3 is 9.15 Å². The topological polar surface area (TPSA) is 70.2 Å². The number of aromatic nitrogens is 3. The SMILES string of the molecule is COc1ccc(-n2nnc(C=O)c2-c2ccco2)cc1Cl. The summed E-state index contributed by atoms with van der Waals surface area (Å²) in [6.45, 7) is 0. The summed E-state index contributed by atoms with van der Waals surface area (Å²) in [5.41, 5.74) is 1.31. The van der Waals surface area contributed by atoms with E-state index >= 15 is 0 Å². The first-order valence-corrected chi connectivity index (χ1v) is 6.41. The maximum absolute atomic E-state index is 11.1. The van der Waals surface area contributed by atoms with E-state index in [0.29, 0.717) is 34.2 Å². The molecule has 0 unspecified atom stereocenters. The summed E-state index contributed by atoms with van der Waals surface area (Å²) in [7, 11) is 1.54. The molecule has 0 N–H and O–H groups in total. The van der Waals surface area contributed by atoms with Crippen molar-refractivity contribution in [2.24, 2.45) is 0 Å². The monoisotopic (exact) mass is 303 g/mol. The first-order valence-electron chi connectivity index (χ1n) is 6.03. The Bertz CT molecular complexity index is 781. The summed E-state index contributed by atoms with van der Waals surface area (Å²) in [6, 6.07) is 8.61. The highest BCUT2D eigenvalue weighted by Crippen LogP contribution is 2.29. The quantitative estimate of drug-likeness (QED) is 0.693.